The van der Waals surface area contributed by atoms with Crippen molar-refractivity contribution < 1.29 is 4.79 Å². The van der Waals surface area contributed by atoms with Crippen molar-refractivity contribution in [2.24, 2.45) is 0 Å². The fraction of sp³-hybridized carbons (Fsp3) is 0.417. The second kappa shape index (κ2) is 10.7. The minimum absolute atomic E-state index is 0.749. The zero-order valence-corrected chi connectivity index (χ0v) is 8.12. The van der Waals surface area contributed by atoms with Crippen molar-refractivity contribution in [1.82, 2.24) is 0 Å². The molecule has 0 aromatic heterocycles. The van der Waals surface area contributed by atoms with Gasteiger partial charge in [0.25, 0.3) is 0 Å². The van der Waals surface area contributed by atoms with Crippen LogP contribution in [0, 0.1) is 11.8 Å². The molecule has 0 radical (unpaired) electrons. The summed E-state index contributed by atoms with van der Waals surface area (Å²) in [7, 11) is 0. The van der Waals surface area contributed by atoms with Crippen molar-refractivity contribution in [2.45, 2.75) is 32.6 Å². The average molecular weight is 176 g/mol. The molecule has 0 amide bonds. The standard InChI is InChI=1S/C12H16O/c1-2-3-4-5-6-7-8-9-10-11-12-13/h8-12H,2-5H2,1H3/b9-8+,11-10+. The first-order valence-corrected chi connectivity index (χ1v) is 4.67. The molecule has 0 spiro atoms. The van der Waals surface area contributed by atoms with Crippen LogP contribution in [0.15, 0.2) is 24.3 Å². The smallest absolute Gasteiger partial charge is 0.142 e. The summed E-state index contributed by atoms with van der Waals surface area (Å²) in [5.41, 5.74) is 0. The zero-order valence-electron chi connectivity index (χ0n) is 8.12. The summed E-state index contributed by atoms with van der Waals surface area (Å²) in [5.74, 6) is 5.94. The lowest BCUT2D eigenvalue weighted by Crippen LogP contribution is -1.70. The van der Waals surface area contributed by atoms with Crippen molar-refractivity contribution in [2.75, 3.05) is 0 Å². The molecule has 0 aliphatic carbocycles. The van der Waals surface area contributed by atoms with E-state index in [0.29, 0.717) is 0 Å². The van der Waals surface area contributed by atoms with Gasteiger partial charge in [-0.25, -0.2) is 0 Å². The second-order valence-corrected chi connectivity index (χ2v) is 2.66. The lowest BCUT2D eigenvalue weighted by atomic mass is 10.2. The van der Waals surface area contributed by atoms with E-state index in [4.69, 9.17) is 0 Å². The highest BCUT2D eigenvalue weighted by molar-refractivity contribution is 5.65. The maximum atomic E-state index is 9.86. The van der Waals surface area contributed by atoms with Crippen molar-refractivity contribution in [3.8, 4) is 11.8 Å². The summed E-state index contributed by atoms with van der Waals surface area (Å²) < 4.78 is 0. The van der Waals surface area contributed by atoms with Crippen LogP contribution in [0.1, 0.15) is 32.6 Å². The number of unbranched alkanes of at least 4 members (excludes halogenated alkanes) is 3. The number of hydrogen-bond acceptors (Lipinski definition) is 1. The second-order valence-electron chi connectivity index (χ2n) is 2.66. The van der Waals surface area contributed by atoms with Crippen LogP contribution in [0.3, 0.4) is 0 Å². The minimum Gasteiger partial charge on any atom is -0.299 e. The Morgan fingerprint density at radius 3 is 2.69 bits per heavy atom. The zero-order chi connectivity index (χ0) is 9.78. The van der Waals surface area contributed by atoms with Gasteiger partial charge >= 0.3 is 0 Å². The van der Waals surface area contributed by atoms with Crippen LogP contribution in [0.25, 0.3) is 0 Å². The molecule has 1 heteroatoms. The van der Waals surface area contributed by atoms with E-state index in [9.17, 15) is 4.79 Å². The van der Waals surface area contributed by atoms with Crippen LogP contribution in [-0.2, 0) is 4.79 Å². The topological polar surface area (TPSA) is 17.1 Å². The Labute approximate surface area is 80.5 Å². The highest BCUT2D eigenvalue weighted by Crippen LogP contribution is 1.96. The fourth-order valence-corrected chi connectivity index (χ4v) is 0.808. The van der Waals surface area contributed by atoms with Gasteiger partial charge in [0.05, 0.1) is 0 Å². The van der Waals surface area contributed by atoms with Crippen molar-refractivity contribution in [1.29, 1.82) is 0 Å². The molecule has 0 aromatic rings. The first kappa shape index (κ1) is 11.7. The average Bonchev–Trinajstić information content (AvgIpc) is 2.16. The Bertz CT molecular complexity index is 225. The van der Waals surface area contributed by atoms with E-state index in [0.717, 1.165) is 12.7 Å². The molecule has 0 N–H and O–H groups in total. The maximum Gasteiger partial charge on any atom is 0.142 e. The quantitative estimate of drug-likeness (QED) is 0.207. The molecule has 0 heterocycles. The summed E-state index contributed by atoms with van der Waals surface area (Å²) >= 11 is 0. The van der Waals surface area contributed by atoms with Crippen LogP contribution >= 0.6 is 0 Å². The molecule has 0 saturated heterocycles. The first-order valence-electron chi connectivity index (χ1n) is 4.67. The predicted octanol–water partition coefficient (Wildman–Crippen LogP) is 2.88. The van der Waals surface area contributed by atoms with Gasteiger partial charge in [-0.05, 0) is 18.6 Å². The van der Waals surface area contributed by atoms with E-state index < -0.39 is 0 Å². The van der Waals surface area contributed by atoms with Gasteiger partial charge in [0.15, 0.2) is 0 Å². The molecule has 0 aliphatic heterocycles. The number of allylic oxidation sites excluding steroid dienone is 4. The Balaban J connectivity index is 3.43. The molecule has 0 atom stereocenters. The van der Waals surface area contributed by atoms with Crippen LogP contribution in [0.4, 0.5) is 0 Å². The van der Waals surface area contributed by atoms with Crippen LogP contribution in [-0.4, -0.2) is 6.29 Å². The molecule has 0 aliphatic rings. The predicted molar refractivity (Wildman–Crippen MR) is 56.3 cm³/mol. The van der Waals surface area contributed by atoms with E-state index in [1.165, 1.54) is 25.3 Å². The minimum atomic E-state index is 0.749. The maximum absolute atomic E-state index is 9.86. The summed E-state index contributed by atoms with van der Waals surface area (Å²) in [6.07, 6.45) is 12.0. The van der Waals surface area contributed by atoms with E-state index in [-0.39, 0.29) is 0 Å². The van der Waals surface area contributed by atoms with Crippen LogP contribution < -0.4 is 0 Å². The Morgan fingerprint density at radius 1 is 1.15 bits per heavy atom. The number of aldehydes is 1. The monoisotopic (exact) mass is 176 g/mol. The summed E-state index contributed by atoms with van der Waals surface area (Å²) in [4.78, 5) is 9.86. The number of carbonyl (C=O) groups is 1. The number of hydrogen-bond donors (Lipinski definition) is 0. The lowest BCUT2D eigenvalue weighted by molar-refractivity contribution is -0.104. The molecule has 0 bridgehead atoms. The molecule has 13 heavy (non-hydrogen) atoms. The normalized spacial score (nSPS) is 10.2. The SMILES string of the molecule is CCCCCC#C/C=C/C=C/C=O. The highest BCUT2D eigenvalue weighted by atomic mass is 16.1. The van der Waals surface area contributed by atoms with Gasteiger partial charge in [-0.15, -0.1) is 0 Å². The van der Waals surface area contributed by atoms with Gasteiger partial charge in [-0.2, -0.15) is 0 Å². The van der Waals surface area contributed by atoms with Gasteiger partial charge < -0.3 is 0 Å². The molecule has 0 fully saturated rings. The Kier molecular flexibility index (Phi) is 9.65. The van der Waals surface area contributed by atoms with Crippen LogP contribution in [0.5, 0.6) is 0 Å². The number of carbonyl (C=O) groups excluding carboxylic acids is 1. The Morgan fingerprint density at radius 2 is 2.00 bits per heavy atom. The van der Waals surface area contributed by atoms with Gasteiger partial charge in [0.2, 0.25) is 0 Å². The third-order valence-corrected chi connectivity index (χ3v) is 1.49. The molecule has 0 aromatic carbocycles. The van der Waals surface area contributed by atoms with Crippen molar-refractivity contribution >= 4 is 6.29 Å². The third-order valence-electron chi connectivity index (χ3n) is 1.49. The number of rotatable bonds is 5. The van der Waals surface area contributed by atoms with Crippen molar-refractivity contribution in [3.63, 3.8) is 0 Å². The van der Waals surface area contributed by atoms with Gasteiger partial charge in [-0.1, -0.05) is 43.8 Å². The first-order chi connectivity index (χ1) is 6.41. The van der Waals surface area contributed by atoms with Crippen LogP contribution in [0.2, 0.25) is 0 Å². The molecule has 0 rings (SSSR count). The molecule has 70 valence electrons. The van der Waals surface area contributed by atoms with Gasteiger partial charge in [-0.3, -0.25) is 4.79 Å². The molecule has 1 nitrogen and oxygen atoms in total. The van der Waals surface area contributed by atoms with E-state index in [1.54, 1.807) is 18.2 Å². The fourth-order valence-electron chi connectivity index (χ4n) is 0.808. The van der Waals surface area contributed by atoms with Gasteiger partial charge in [0.1, 0.15) is 6.29 Å². The van der Waals surface area contributed by atoms with Gasteiger partial charge in [0, 0.05) is 6.42 Å². The Hall–Kier alpha value is -1.29. The molecular weight excluding hydrogens is 160 g/mol. The summed E-state index contributed by atoms with van der Waals surface area (Å²) in [6, 6.07) is 0. The lowest BCUT2D eigenvalue weighted by Gasteiger charge is -1.87. The molecule has 0 saturated carbocycles. The molecule has 0 unspecified atom stereocenters. The summed E-state index contributed by atoms with van der Waals surface area (Å²) in [5, 5.41) is 0. The third kappa shape index (κ3) is 10.7. The largest absolute Gasteiger partial charge is 0.299 e. The van der Waals surface area contributed by atoms with E-state index in [1.807, 2.05) is 0 Å². The summed E-state index contributed by atoms with van der Waals surface area (Å²) in [6.45, 7) is 2.18. The van der Waals surface area contributed by atoms with E-state index in [2.05, 4.69) is 18.8 Å². The highest BCUT2D eigenvalue weighted by Gasteiger charge is 1.78. The molecular formula is C12H16O. The van der Waals surface area contributed by atoms with E-state index >= 15 is 0 Å². The van der Waals surface area contributed by atoms with Crippen molar-refractivity contribution in [3.05, 3.63) is 24.3 Å².